The number of nitrogens with zero attached hydrogens (tertiary/aromatic N) is 2. The Morgan fingerprint density at radius 1 is 1.04 bits per heavy atom. The molecule has 1 fully saturated rings. The molecule has 1 atom stereocenters. The predicted molar refractivity (Wildman–Crippen MR) is 96.1 cm³/mol. The average Bonchev–Trinajstić information content (AvgIpc) is 3.09. The third-order valence-corrected chi connectivity index (χ3v) is 6.96. The lowest BCUT2D eigenvalue weighted by atomic mass is 9.81. The van der Waals surface area contributed by atoms with Crippen molar-refractivity contribution in [2.24, 2.45) is 0 Å². The van der Waals surface area contributed by atoms with Gasteiger partial charge in [0.25, 0.3) is 15.9 Å². The van der Waals surface area contributed by atoms with E-state index < -0.39 is 15.4 Å². The van der Waals surface area contributed by atoms with Gasteiger partial charge in [-0.25, -0.2) is 12.7 Å². The Morgan fingerprint density at radius 3 is 2.36 bits per heavy atom. The molecular weight excluding hydrogens is 336 g/mol. The van der Waals surface area contributed by atoms with Crippen LogP contribution in [0.1, 0.15) is 17.5 Å². The van der Waals surface area contributed by atoms with Crippen LogP contribution < -0.4 is 4.31 Å². The third kappa shape index (κ3) is 2.24. The molecule has 2 aliphatic rings. The van der Waals surface area contributed by atoms with Crippen molar-refractivity contribution in [3.8, 4) is 0 Å². The van der Waals surface area contributed by atoms with E-state index in [4.69, 9.17) is 0 Å². The molecule has 130 valence electrons. The van der Waals surface area contributed by atoms with E-state index in [1.807, 2.05) is 26.1 Å². The lowest BCUT2D eigenvalue weighted by Crippen LogP contribution is -2.44. The molecule has 0 saturated carbocycles. The minimum atomic E-state index is -3.93. The van der Waals surface area contributed by atoms with Gasteiger partial charge >= 0.3 is 0 Å². The number of likely N-dealkylation sites (tertiary alicyclic amines) is 1. The van der Waals surface area contributed by atoms with Crippen LogP contribution in [0.25, 0.3) is 0 Å². The van der Waals surface area contributed by atoms with Crippen LogP contribution in [0.4, 0.5) is 5.69 Å². The zero-order chi connectivity index (χ0) is 17.8. The number of fused-ring (bicyclic) bond motifs is 2. The van der Waals surface area contributed by atoms with E-state index in [0.29, 0.717) is 18.7 Å². The highest BCUT2D eigenvalue weighted by Crippen LogP contribution is 2.48. The van der Waals surface area contributed by atoms with Gasteiger partial charge in [0.1, 0.15) is 0 Å². The zero-order valence-corrected chi connectivity index (χ0v) is 15.1. The summed E-state index contributed by atoms with van der Waals surface area (Å²) >= 11 is 0. The van der Waals surface area contributed by atoms with Crippen LogP contribution in [0.5, 0.6) is 0 Å². The molecule has 25 heavy (non-hydrogen) atoms. The second-order valence-electron chi connectivity index (χ2n) is 6.97. The van der Waals surface area contributed by atoms with E-state index in [1.54, 1.807) is 36.4 Å². The van der Waals surface area contributed by atoms with Gasteiger partial charge < -0.3 is 4.90 Å². The highest BCUT2D eigenvalue weighted by atomic mass is 32.2. The minimum absolute atomic E-state index is 0.143. The third-order valence-electron chi connectivity index (χ3n) is 5.25. The molecule has 2 aliphatic heterocycles. The first kappa shape index (κ1) is 16.3. The van der Waals surface area contributed by atoms with E-state index in [2.05, 4.69) is 4.90 Å². The molecule has 4 rings (SSSR count). The molecule has 2 heterocycles. The van der Waals surface area contributed by atoms with Crippen molar-refractivity contribution >= 4 is 21.6 Å². The summed E-state index contributed by atoms with van der Waals surface area (Å²) in [6.45, 7) is 3.22. The summed E-state index contributed by atoms with van der Waals surface area (Å²) in [6, 6.07) is 13.9. The Balaban J connectivity index is 1.89. The van der Waals surface area contributed by atoms with Crippen molar-refractivity contribution in [2.75, 3.05) is 24.4 Å². The quantitative estimate of drug-likeness (QED) is 0.829. The van der Waals surface area contributed by atoms with Crippen molar-refractivity contribution in [1.82, 2.24) is 4.90 Å². The molecule has 1 amide bonds. The fraction of sp³-hybridized carbons (Fsp3) is 0.316. The Kier molecular flexibility index (Phi) is 3.53. The van der Waals surface area contributed by atoms with Gasteiger partial charge in [0.05, 0.1) is 16.0 Å². The smallest absolute Gasteiger partial charge is 0.270 e. The first-order valence-electron chi connectivity index (χ1n) is 8.31. The van der Waals surface area contributed by atoms with Crippen molar-refractivity contribution in [1.29, 1.82) is 0 Å². The van der Waals surface area contributed by atoms with Crippen LogP contribution in [0, 0.1) is 6.92 Å². The topological polar surface area (TPSA) is 57.7 Å². The van der Waals surface area contributed by atoms with E-state index >= 15 is 0 Å². The molecule has 1 unspecified atom stereocenters. The highest BCUT2D eigenvalue weighted by Gasteiger charge is 2.56. The molecule has 2 aromatic carbocycles. The van der Waals surface area contributed by atoms with Gasteiger partial charge in [0, 0.05) is 6.54 Å². The summed E-state index contributed by atoms with van der Waals surface area (Å²) in [4.78, 5) is 15.6. The largest absolute Gasteiger partial charge is 0.305 e. The molecule has 2 aromatic rings. The fourth-order valence-corrected chi connectivity index (χ4v) is 5.43. The molecule has 6 heteroatoms. The number of aryl methyl sites for hydroxylation is 1. The number of rotatable bonds is 2. The number of benzene rings is 2. The fourth-order valence-electron chi connectivity index (χ4n) is 3.92. The first-order valence-corrected chi connectivity index (χ1v) is 9.75. The van der Waals surface area contributed by atoms with E-state index in [0.717, 1.165) is 22.0 Å². The maximum Gasteiger partial charge on any atom is 0.270 e. The number of sulfonamides is 1. The van der Waals surface area contributed by atoms with E-state index in [-0.39, 0.29) is 10.8 Å². The molecule has 0 aliphatic carbocycles. The zero-order valence-electron chi connectivity index (χ0n) is 14.3. The van der Waals surface area contributed by atoms with Crippen LogP contribution in [0.2, 0.25) is 0 Å². The molecule has 1 spiro atoms. The Labute approximate surface area is 147 Å². The molecule has 0 bridgehead atoms. The van der Waals surface area contributed by atoms with Crippen LogP contribution in [-0.2, 0) is 20.2 Å². The summed E-state index contributed by atoms with van der Waals surface area (Å²) in [6.07, 6.45) is 0.638. The summed E-state index contributed by atoms with van der Waals surface area (Å²) in [5.41, 5.74) is 1.52. The Morgan fingerprint density at radius 2 is 1.72 bits per heavy atom. The number of hydrogen-bond donors (Lipinski definition) is 0. The predicted octanol–water partition coefficient (Wildman–Crippen LogP) is 2.30. The maximum absolute atomic E-state index is 13.3. The molecule has 0 aromatic heterocycles. The van der Waals surface area contributed by atoms with Gasteiger partial charge in [0.15, 0.2) is 0 Å². The molecule has 5 nitrogen and oxygen atoms in total. The van der Waals surface area contributed by atoms with Crippen LogP contribution in [0.3, 0.4) is 0 Å². The van der Waals surface area contributed by atoms with Gasteiger partial charge in [0.2, 0.25) is 0 Å². The number of likely N-dealkylation sites (N-methyl/N-ethyl adjacent to an activating group) is 1. The van der Waals surface area contributed by atoms with E-state index in [9.17, 15) is 13.2 Å². The van der Waals surface area contributed by atoms with Crippen molar-refractivity contribution in [3.63, 3.8) is 0 Å². The number of para-hydroxylation sites is 1. The standard InChI is InChI=1S/C19H20N2O3S/c1-14-7-9-15(10-8-14)25(23,24)21-17-6-4-3-5-16(17)19(18(21)22)11-12-20(2)13-19/h3-10H,11-13H2,1-2H3. The number of carbonyl (C=O) groups excluding carboxylic acids is 1. The number of amides is 1. The van der Waals surface area contributed by atoms with E-state index in [1.165, 1.54) is 0 Å². The Hall–Kier alpha value is -2.18. The Bertz CT molecular complexity index is 953. The minimum Gasteiger partial charge on any atom is -0.305 e. The lowest BCUT2D eigenvalue weighted by Gasteiger charge is -2.23. The summed E-state index contributed by atoms with van der Waals surface area (Å²) in [7, 11) is -1.97. The highest BCUT2D eigenvalue weighted by molar-refractivity contribution is 7.93. The number of anilines is 1. The van der Waals surface area contributed by atoms with Gasteiger partial charge in [-0.1, -0.05) is 35.9 Å². The number of hydrogen-bond acceptors (Lipinski definition) is 4. The lowest BCUT2D eigenvalue weighted by molar-refractivity contribution is -0.121. The molecule has 1 saturated heterocycles. The van der Waals surface area contributed by atoms with Crippen LogP contribution in [0.15, 0.2) is 53.4 Å². The van der Waals surface area contributed by atoms with Crippen LogP contribution >= 0.6 is 0 Å². The second kappa shape index (κ2) is 5.41. The number of carbonyl (C=O) groups is 1. The molecular formula is C19H20N2O3S. The van der Waals surface area contributed by atoms with Gasteiger partial charge in [-0.15, -0.1) is 0 Å². The first-order chi connectivity index (χ1) is 11.9. The SMILES string of the molecule is Cc1ccc(S(=O)(=O)N2C(=O)C3(CCN(C)C3)c3ccccc32)cc1. The van der Waals surface area contributed by atoms with Gasteiger partial charge in [-0.05, 0) is 50.7 Å². The van der Waals surface area contributed by atoms with Crippen molar-refractivity contribution in [3.05, 3.63) is 59.7 Å². The van der Waals surface area contributed by atoms with Crippen molar-refractivity contribution < 1.29 is 13.2 Å². The summed E-state index contributed by atoms with van der Waals surface area (Å²) in [5.74, 6) is -0.335. The van der Waals surface area contributed by atoms with Crippen LogP contribution in [-0.4, -0.2) is 39.4 Å². The van der Waals surface area contributed by atoms with Gasteiger partial charge in [-0.2, -0.15) is 0 Å². The summed E-state index contributed by atoms with van der Waals surface area (Å²) in [5, 5.41) is 0. The average molecular weight is 356 g/mol. The monoisotopic (exact) mass is 356 g/mol. The molecule has 0 N–H and O–H groups in total. The van der Waals surface area contributed by atoms with Crippen molar-refractivity contribution in [2.45, 2.75) is 23.7 Å². The maximum atomic E-state index is 13.3. The summed E-state index contributed by atoms with van der Waals surface area (Å²) < 4.78 is 27.5. The molecule has 0 radical (unpaired) electrons. The normalized spacial score (nSPS) is 23.4. The second-order valence-corrected chi connectivity index (χ2v) is 8.76. The van der Waals surface area contributed by atoms with Gasteiger partial charge in [-0.3, -0.25) is 4.79 Å².